The first-order chi connectivity index (χ1) is 11.7. The average molecular weight is 340 g/mol. The molecule has 0 bridgehead atoms. The Kier molecular flexibility index (Phi) is 5.05. The smallest absolute Gasteiger partial charge is 0.272 e. The first-order valence-corrected chi connectivity index (χ1v) is 8.98. The van der Waals surface area contributed by atoms with Gasteiger partial charge in [-0.2, -0.15) is 0 Å². The normalized spacial score (nSPS) is 10.8. The number of nitrogens with one attached hydrogen (secondary N) is 1. The van der Waals surface area contributed by atoms with Crippen molar-refractivity contribution in [3.05, 3.63) is 60.4 Å². The summed E-state index contributed by atoms with van der Waals surface area (Å²) in [6.45, 7) is 1.29. The number of thioether (sulfide) groups is 1. The van der Waals surface area contributed by atoms with Gasteiger partial charge in [0.2, 0.25) is 0 Å². The number of likely N-dealkylation sites (N-methyl/N-ethyl adjacent to an activating group) is 1. The third-order valence-electron chi connectivity index (χ3n) is 3.84. The Morgan fingerprint density at radius 1 is 1.21 bits per heavy atom. The quantitative estimate of drug-likeness (QED) is 0.701. The minimum absolute atomic E-state index is 0.138. The molecule has 1 aromatic carbocycles. The Morgan fingerprint density at radius 2 is 1.96 bits per heavy atom. The number of fused-ring (bicyclic) bond motifs is 1. The lowest BCUT2D eigenvalue weighted by Gasteiger charge is -2.19. The first kappa shape index (κ1) is 16.4. The number of aromatic nitrogens is 2. The number of hydrogen-bond donors (Lipinski definition) is 1. The Morgan fingerprint density at radius 3 is 2.71 bits per heavy atom. The molecule has 124 valence electrons. The molecule has 2 heterocycles. The van der Waals surface area contributed by atoms with E-state index in [-0.39, 0.29) is 5.91 Å². The van der Waals surface area contributed by atoms with Crippen LogP contribution in [0.3, 0.4) is 0 Å². The van der Waals surface area contributed by atoms with Crippen LogP contribution in [0.15, 0.2) is 59.9 Å². The molecule has 0 aliphatic rings. The highest BCUT2D eigenvalue weighted by molar-refractivity contribution is 7.98. The standard InChI is InChI=1S/C18H20N4OS/c1-21(14-8-4-3-5-9-14)13-11-19-17(23)16-15-10-6-7-12-22(15)18(20-16)24-2/h3-10,12H,11,13H2,1-2H3,(H,19,23). The van der Waals surface area contributed by atoms with Crippen molar-refractivity contribution in [3.8, 4) is 0 Å². The number of hydrogen-bond acceptors (Lipinski definition) is 4. The molecular formula is C18H20N4OS. The molecular weight excluding hydrogens is 320 g/mol. The van der Waals surface area contributed by atoms with Crippen molar-refractivity contribution in [3.63, 3.8) is 0 Å². The van der Waals surface area contributed by atoms with Gasteiger partial charge in [-0.3, -0.25) is 9.20 Å². The third-order valence-corrected chi connectivity index (χ3v) is 4.50. The maximum atomic E-state index is 12.5. The van der Waals surface area contributed by atoms with Crippen LogP contribution >= 0.6 is 11.8 Å². The maximum Gasteiger partial charge on any atom is 0.272 e. The van der Waals surface area contributed by atoms with Crippen LogP contribution in [0.2, 0.25) is 0 Å². The monoisotopic (exact) mass is 340 g/mol. The van der Waals surface area contributed by atoms with Crippen molar-refractivity contribution in [2.45, 2.75) is 5.16 Å². The van der Waals surface area contributed by atoms with Crippen LogP contribution in [-0.4, -0.2) is 41.7 Å². The zero-order valence-corrected chi connectivity index (χ0v) is 14.6. The van der Waals surface area contributed by atoms with Crippen LogP contribution in [0, 0.1) is 0 Å². The molecule has 0 spiro atoms. The summed E-state index contributed by atoms with van der Waals surface area (Å²) >= 11 is 1.53. The Labute approximate surface area is 145 Å². The number of rotatable bonds is 6. The summed E-state index contributed by atoms with van der Waals surface area (Å²) in [7, 11) is 2.01. The summed E-state index contributed by atoms with van der Waals surface area (Å²) in [6, 6.07) is 15.9. The summed E-state index contributed by atoms with van der Waals surface area (Å²) in [5.74, 6) is -0.138. The number of amides is 1. The van der Waals surface area contributed by atoms with E-state index in [4.69, 9.17) is 0 Å². The fourth-order valence-electron chi connectivity index (χ4n) is 2.55. The number of anilines is 1. The molecule has 2 aromatic heterocycles. The number of benzene rings is 1. The molecule has 6 heteroatoms. The van der Waals surface area contributed by atoms with Gasteiger partial charge in [-0.05, 0) is 30.5 Å². The third kappa shape index (κ3) is 3.38. The molecule has 0 atom stereocenters. The molecule has 1 N–H and O–H groups in total. The molecule has 0 saturated heterocycles. The fourth-order valence-corrected chi connectivity index (χ4v) is 3.09. The van der Waals surface area contributed by atoms with Crippen LogP contribution in [0.5, 0.6) is 0 Å². The van der Waals surface area contributed by atoms with E-state index in [0.717, 1.165) is 22.9 Å². The summed E-state index contributed by atoms with van der Waals surface area (Å²) in [6.07, 6.45) is 3.88. The summed E-state index contributed by atoms with van der Waals surface area (Å²) in [5, 5.41) is 3.78. The van der Waals surface area contributed by atoms with Crippen LogP contribution in [0.4, 0.5) is 5.69 Å². The second-order valence-electron chi connectivity index (χ2n) is 5.42. The number of imidazole rings is 1. The molecule has 0 unspecified atom stereocenters. The number of para-hydroxylation sites is 1. The minimum atomic E-state index is -0.138. The molecule has 24 heavy (non-hydrogen) atoms. The lowest BCUT2D eigenvalue weighted by Crippen LogP contribution is -2.33. The van der Waals surface area contributed by atoms with Crippen molar-refractivity contribution in [2.75, 3.05) is 31.3 Å². The molecule has 0 aliphatic carbocycles. The fraction of sp³-hybridized carbons (Fsp3) is 0.222. The highest BCUT2D eigenvalue weighted by Gasteiger charge is 2.16. The molecule has 5 nitrogen and oxygen atoms in total. The van der Waals surface area contributed by atoms with Crippen LogP contribution in [0.25, 0.3) is 5.52 Å². The van der Waals surface area contributed by atoms with Gasteiger partial charge >= 0.3 is 0 Å². The average Bonchev–Trinajstić information content (AvgIpc) is 3.01. The van der Waals surface area contributed by atoms with E-state index in [0.29, 0.717) is 12.2 Å². The van der Waals surface area contributed by atoms with Crippen molar-refractivity contribution in [2.24, 2.45) is 0 Å². The Balaban J connectivity index is 1.66. The predicted molar refractivity (Wildman–Crippen MR) is 99.0 cm³/mol. The molecule has 1 amide bonds. The van der Waals surface area contributed by atoms with Crippen molar-refractivity contribution in [1.29, 1.82) is 0 Å². The van der Waals surface area contributed by atoms with E-state index in [9.17, 15) is 4.79 Å². The van der Waals surface area contributed by atoms with Gasteiger partial charge in [0, 0.05) is 32.0 Å². The molecule has 3 rings (SSSR count). The van der Waals surface area contributed by atoms with Gasteiger partial charge in [0.1, 0.15) is 0 Å². The Bertz CT molecular complexity index is 831. The lowest BCUT2D eigenvalue weighted by molar-refractivity contribution is 0.0951. The maximum absolute atomic E-state index is 12.5. The topological polar surface area (TPSA) is 49.6 Å². The van der Waals surface area contributed by atoms with Gasteiger partial charge in [-0.25, -0.2) is 4.98 Å². The zero-order valence-electron chi connectivity index (χ0n) is 13.8. The van der Waals surface area contributed by atoms with E-state index in [1.165, 1.54) is 11.8 Å². The van der Waals surface area contributed by atoms with Crippen LogP contribution in [0.1, 0.15) is 10.5 Å². The minimum Gasteiger partial charge on any atom is -0.373 e. The summed E-state index contributed by atoms with van der Waals surface area (Å²) in [4.78, 5) is 19.1. The van der Waals surface area contributed by atoms with E-state index < -0.39 is 0 Å². The van der Waals surface area contributed by atoms with E-state index in [1.54, 1.807) is 0 Å². The van der Waals surface area contributed by atoms with Crippen molar-refractivity contribution in [1.82, 2.24) is 14.7 Å². The first-order valence-electron chi connectivity index (χ1n) is 7.76. The van der Waals surface area contributed by atoms with Crippen molar-refractivity contribution >= 4 is 28.9 Å². The van der Waals surface area contributed by atoms with Crippen molar-refractivity contribution < 1.29 is 4.79 Å². The molecule has 3 aromatic rings. The number of pyridine rings is 1. The highest BCUT2D eigenvalue weighted by atomic mass is 32.2. The lowest BCUT2D eigenvalue weighted by atomic mass is 10.3. The number of nitrogens with zero attached hydrogens (tertiary/aromatic N) is 3. The van der Waals surface area contributed by atoms with E-state index >= 15 is 0 Å². The second-order valence-corrected chi connectivity index (χ2v) is 6.19. The molecule has 0 radical (unpaired) electrons. The van der Waals surface area contributed by atoms with Gasteiger partial charge in [0.15, 0.2) is 10.9 Å². The van der Waals surface area contributed by atoms with Gasteiger partial charge in [0.25, 0.3) is 5.91 Å². The van der Waals surface area contributed by atoms with Gasteiger partial charge in [-0.1, -0.05) is 36.0 Å². The second kappa shape index (κ2) is 7.40. The van der Waals surface area contributed by atoms with Gasteiger partial charge in [-0.15, -0.1) is 0 Å². The van der Waals surface area contributed by atoms with E-state index in [1.807, 2.05) is 60.3 Å². The zero-order chi connectivity index (χ0) is 16.9. The molecule has 0 aliphatic heterocycles. The predicted octanol–water partition coefficient (Wildman–Crippen LogP) is 2.92. The van der Waals surface area contributed by atoms with Gasteiger partial charge < -0.3 is 10.2 Å². The van der Waals surface area contributed by atoms with Gasteiger partial charge in [0.05, 0.1) is 5.52 Å². The largest absolute Gasteiger partial charge is 0.373 e. The van der Waals surface area contributed by atoms with E-state index in [2.05, 4.69) is 27.3 Å². The number of carbonyl (C=O) groups excluding carboxylic acids is 1. The highest BCUT2D eigenvalue weighted by Crippen LogP contribution is 2.19. The summed E-state index contributed by atoms with van der Waals surface area (Å²) < 4.78 is 1.94. The number of carbonyl (C=O) groups is 1. The van der Waals surface area contributed by atoms with Crippen LogP contribution in [-0.2, 0) is 0 Å². The Hall–Kier alpha value is -2.47. The molecule has 0 saturated carbocycles. The SMILES string of the molecule is CSc1nc(C(=O)NCCN(C)c2ccccc2)c2ccccn12. The molecule has 0 fully saturated rings. The summed E-state index contributed by atoms with van der Waals surface area (Å²) in [5.41, 5.74) is 2.43. The van der Waals surface area contributed by atoms with Crippen LogP contribution < -0.4 is 10.2 Å².